The fraction of sp³-hybridized carbons (Fsp3) is 0.385. The van der Waals surface area contributed by atoms with Crippen molar-refractivity contribution in [1.82, 2.24) is 9.55 Å². The molecule has 0 aliphatic heterocycles. The van der Waals surface area contributed by atoms with Gasteiger partial charge in [0.15, 0.2) is 11.5 Å². The van der Waals surface area contributed by atoms with Crippen molar-refractivity contribution in [2.24, 2.45) is 0 Å². The van der Waals surface area contributed by atoms with Crippen LogP contribution in [0.3, 0.4) is 0 Å². The molecule has 0 aliphatic carbocycles. The van der Waals surface area contributed by atoms with Crippen LogP contribution in [0.15, 0.2) is 12.1 Å². The molecule has 1 heterocycles. The zero-order chi connectivity index (χ0) is 14.9. The molecule has 108 valence electrons. The number of benzene rings is 1. The summed E-state index contributed by atoms with van der Waals surface area (Å²) in [4.78, 5) is 15.5. The highest BCUT2D eigenvalue weighted by Gasteiger charge is 2.23. The Hall–Kier alpha value is -2.44. The minimum Gasteiger partial charge on any atom is -0.493 e. The molecule has 0 amide bonds. The number of ether oxygens (including phenoxy) is 2. The Kier molecular flexibility index (Phi) is 3.69. The Morgan fingerprint density at radius 1 is 1.40 bits per heavy atom. The average molecular weight is 279 g/mol. The first-order valence-electron chi connectivity index (χ1n) is 6.15. The molecule has 2 aromatic rings. The van der Waals surface area contributed by atoms with Gasteiger partial charge < -0.3 is 20.3 Å². The van der Waals surface area contributed by atoms with Gasteiger partial charge in [-0.3, -0.25) is 4.57 Å². The number of imidazole rings is 1. The van der Waals surface area contributed by atoms with Crippen molar-refractivity contribution in [2.45, 2.75) is 19.4 Å². The van der Waals surface area contributed by atoms with Gasteiger partial charge in [-0.15, -0.1) is 0 Å². The van der Waals surface area contributed by atoms with E-state index in [1.54, 1.807) is 19.1 Å². The number of carboxylic acids is 1. The van der Waals surface area contributed by atoms with E-state index < -0.39 is 12.0 Å². The molecule has 3 N–H and O–H groups in total. The van der Waals surface area contributed by atoms with Crippen molar-refractivity contribution in [2.75, 3.05) is 20.0 Å². The largest absolute Gasteiger partial charge is 0.493 e. The van der Waals surface area contributed by atoms with Crippen LogP contribution in [-0.4, -0.2) is 34.8 Å². The lowest BCUT2D eigenvalue weighted by molar-refractivity contribution is -0.140. The highest BCUT2D eigenvalue weighted by atomic mass is 16.5. The van der Waals surface area contributed by atoms with Crippen molar-refractivity contribution >= 4 is 23.0 Å². The number of fused-ring (bicyclic) bond motifs is 1. The summed E-state index contributed by atoms with van der Waals surface area (Å²) in [5, 5.41) is 9.30. The summed E-state index contributed by atoms with van der Waals surface area (Å²) in [5.41, 5.74) is 7.03. The molecule has 7 nitrogen and oxygen atoms in total. The Balaban J connectivity index is 2.72. The van der Waals surface area contributed by atoms with Gasteiger partial charge in [-0.05, 0) is 6.42 Å². The smallest absolute Gasteiger partial charge is 0.326 e. The van der Waals surface area contributed by atoms with Crippen molar-refractivity contribution in [1.29, 1.82) is 0 Å². The molecule has 0 radical (unpaired) electrons. The molecule has 0 fully saturated rings. The first kappa shape index (κ1) is 14.0. The van der Waals surface area contributed by atoms with Crippen molar-refractivity contribution in [3.05, 3.63) is 12.1 Å². The molecule has 1 unspecified atom stereocenters. The van der Waals surface area contributed by atoms with E-state index in [0.29, 0.717) is 29.0 Å². The lowest BCUT2D eigenvalue weighted by Gasteiger charge is -2.15. The third-order valence-corrected chi connectivity index (χ3v) is 3.21. The maximum Gasteiger partial charge on any atom is 0.326 e. The molecule has 2 rings (SSSR count). The topological polar surface area (TPSA) is 99.6 Å². The summed E-state index contributed by atoms with van der Waals surface area (Å²) in [7, 11) is 3.04. The number of methoxy groups -OCH3 is 2. The monoisotopic (exact) mass is 279 g/mol. The molecule has 0 aliphatic rings. The zero-order valence-corrected chi connectivity index (χ0v) is 11.6. The highest BCUT2D eigenvalue weighted by molar-refractivity contribution is 5.85. The van der Waals surface area contributed by atoms with E-state index in [1.807, 2.05) is 0 Å². The predicted molar refractivity (Wildman–Crippen MR) is 74.2 cm³/mol. The number of aromatic nitrogens is 2. The Morgan fingerprint density at radius 2 is 2.00 bits per heavy atom. The zero-order valence-electron chi connectivity index (χ0n) is 11.6. The predicted octanol–water partition coefficient (Wildman–Crippen LogP) is 1.67. The minimum absolute atomic E-state index is 0.157. The summed E-state index contributed by atoms with van der Waals surface area (Å²) < 4.78 is 11.9. The molecular formula is C13H17N3O4. The first-order chi connectivity index (χ1) is 9.53. The van der Waals surface area contributed by atoms with Crippen LogP contribution in [0.5, 0.6) is 11.5 Å². The molecule has 0 saturated carbocycles. The number of aliphatic carboxylic acids is 1. The number of hydrogen-bond acceptors (Lipinski definition) is 5. The maximum absolute atomic E-state index is 11.3. The van der Waals surface area contributed by atoms with Crippen molar-refractivity contribution in [3.63, 3.8) is 0 Å². The van der Waals surface area contributed by atoms with E-state index in [-0.39, 0.29) is 5.95 Å². The summed E-state index contributed by atoms with van der Waals surface area (Å²) in [6.07, 6.45) is 0.402. The Bertz CT molecular complexity index is 651. The van der Waals surface area contributed by atoms with Gasteiger partial charge in [0, 0.05) is 12.1 Å². The highest BCUT2D eigenvalue weighted by Crippen LogP contribution is 2.34. The van der Waals surface area contributed by atoms with Crippen LogP contribution in [-0.2, 0) is 4.79 Å². The van der Waals surface area contributed by atoms with Gasteiger partial charge in [0.25, 0.3) is 0 Å². The van der Waals surface area contributed by atoms with Crippen LogP contribution < -0.4 is 15.2 Å². The van der Waals surface area contributed by atoms with Crippen molar-refractivity contribution in [3.8, 4) is 11.5 Å². The second-order valence-electron chi connectivity index (χ2n) is 4.30. The minimum atomic E-state index is -0.951. The van der Waals surface area contributed by atoms with Crippen LogP contribution in [0.2, 0.25) is 0 Å². The molecular weight excluding hydrogens is 262 g/mol. The average Bonchev–Trinajstić information content (AvgIpc) is 2.73. The number of hydrogen-bond donors (Lipinski definition) is 2. The second kappa shape index (κ2) is 5.28. The number of nitrogen functional groups attached to an aromatic ring is 1. The summed E-state index contributed by atoms with van der Waals surface area (Å²) in [6, 6.07) is 2.59. The fourth-order valence-electron chi connectivity index (χ4n) is 2.24. The van der Waals surface area contributed by atoms with E-state index in [2.05, 4.69) is 4.98 Å². The van der Waals surface area contributed by atoms with Gasteiger partial charge in [-0.2, -0.15) is 0 Å². The quantitative estimate of drug-likeness (QED) is 0.863. The normalized spacial score (nSPS) is 12.3. The lowest BCUT2D eigenvalue weighted by atomic mass is 10.2. The molecule has 1 atom stereocenters. The van der Waals surface area contributed by atoms with E-state index >= 15 is 0 Å². The molecule has 1 aromatic carbocycles. The Labute approximate surface area is 115 Å². The van der Waals surface area contributed by atoms with Gasteiger partial charge in [0.1, 0.15) is 6.04 Å². The van der Waals surface area contributed by atoms with E-state index in [4.69, 9.17) is 15.2 Å². The van der Waals surface area contributed by atoms with E-state index in [0.717, 1.165) is 0 Å². The third-order valence-electron chi connectivity index (χ3n) is 3.21. The first-order valence-corrected chi connectivity index (χ1v) is 6.15. The van der Waals surface area contributed by atoms with Crippen LogP contribution in [0, 0.1) is 0 Å². The van der Waals surface area contributed by atoms with Gasteiger partial charge in [0.2, 0.25) is 5.95 Å². The number of rotatable bonds is 5. The number of anilines is 1. The fourth-order valence-corrected chi connectivity index (χ4v) is 2.24. The van der Waals surface area contributed by atoms with E-state index in [9.17, 15) is 9.90 Å². The lowest BCUT2D eigenvalue weighted by Crippen LogP contribution is -2.19. The second-order valence-corrected chi connectivity index (χ2v) is 4.30. The molecule has 20 heavy (non-hydrogen) atoms. The Morgan fingerprint density at radius 3 is 2.50 bits per heavy atom. The number of nitrogens with zero attached hydrogens (tertiary/aromatic N) is 2. The van der Waals surface area contributed by atoms with Gasteiger partial charge >= 0.3 is 5.97 Å². The number of nitrogens with two attached hydrogens (primary N) is 1. The molecule has 0 saturated heterocycles. The standard InChI is InChI=1S/C13H17N3O4/c1-4-8(12(17)18)16-9-6-11(20-3)10(19-2)5-7(9)15-13(16)14/h5-6,8H,4H2,1-3H3,(H2,14,15)(H,17,18). The summed E-state index contributed by atoms with van der Waals surface area (Å²) in [6.45, 7) is 1.78. The van der Waals surface area contributed by atoms with Crippen molar-refractivity contribution < 1.29 is 19.4 Å². The van der Waals surface area contributed by atoms with Crippen LogP contribution in [0.1, 0.15) is 19.4 Å². The summed E-state index contributed by atoms with van der Waals surface area (Å²) >= 11 is 0. The van der Waals surface area contributed by atoms with Gasteiger partial charge in [-0.1, -0.05) is 6.92 Å². The van der Waals surface area contributed by atoms with Crippen LogP contribution in [0.25, 0.3) is 11.0 Å². The molecule has 1 aromatic heterocycles. The maximum atomic E-state index is 11.3. The van der Waals surface area contributed by atoms with Gasteiger partial charge in [-0.25, -0.2) is 9.78 Å². The van der Waals surface area contributed by atoms with Crippen LogP contribution >= 0.6 is 0 Å². The molecule has 7 heteroatoms. The number of carboxylic acid groups (broad SMARTS) is 1. The third kappa shape index (κ3) is 2.11. The van der Waals surface area contributed by atoms with E-state index in [1.165, 1.54) is 18.8 Å². The summed E-state index contributed by atoms with van der Waals surface area (Å²) in [5.74, 6) is 0.229. The molecule has 0 bridgehead atoms. The number of carbonyl (C=O) groups is 1. The molecule has 0 spiro atoms. The van der Waals surface area contributed by atoms with Crippen LogP contribution in [0.4, 0.5) is 5.95 Å². The van der Waals surface area contributed by atoms with Gasteiger partial charge in [0.05, 0.1) is 25.3 Å². The SMILES string of the molecule is CCC(C(=O)O)n1c(N)nc2cc(OC)c(OC)cc21.